The van der Waals surface area contributed by atoms with E-state index in [2.05, 4.69) is 29.8 Å². The van der Waals surface area contributed by atoms with Gasteiger partial charge in [0.1, 0.15) is 0 Å². The quantitative estimate of drug-likeness (QED) is 0.711. The molecule has 0 aliphatic rings. The van der Waals surface area contributed by atoms with Gasteiger partial charge in [-0.3, -0.25) is 4.98 Å². The smallest absolute Gasteiger partial charge is 0.0340 e. The van der Waals surface area contributed by atoms with E-state index in [9.17, 15) is 0 Å². The third-order valence-corrected chi connectivity index (χ3v) is 2.58. The molecule has 0 fully saturated rings. The van der Waals surface area contributed by atoms with Crippen LogP contribution in [-0.2, 0) is 0 Å². The summed E-state index contributed by atoms with van der Waals surface area (Å²) in [4.78, 5) is 4.06. The van der Waals surface area contributed by atoms with E-state index in [0.29, 0.717) is 0 Å². The van der Waals surface area contributed by atoms with Gasteiger partial charge in [0.05, 0.1) is 0 Å². The van der Waals surface area contributed by atoms with Crippen molar-refractivity contribution in [3.05, 3.63) is 84.2 Å². The average molecular weight is 233 g/mol. The lowest BCUT2D eigenvalue weighted by Gasteiger charge is -1.98. The third kappa shape index (κ3) is 3.29. The summed E-state index contributed by atoms with van der Waals surface area (Å²) < 4.78 is 0. The molecule has 0 aliphatic carbocycles. The number of hydrogen-bond donors (Lipinski definition) is 0. The van der Waals surface area contributed by atoms with Gasteiger partial charge < -0.3 is 0 Å². The second-order valence-electron chi connectivity index (χ2n) is 3.84. The van der Waals surface area contributed by atoms with Crippen molar-refractivity contribution in [2.24, 2.45) is 0 Å². The molecule has 1 heterocycles. The molecule has 0 aliphatic heterocycles. The Bertz CT molecular complexity index is 565. The fourth-order valence-corrected chi connectivity index (χ4v) is 1.65. The average Bonchev–Trinajstić information content (AvgIpc) is 2.45. The van der Waals surface area contributed by atoms with Gasteiger partial charge in [0, 0.05) is 12.4 Å². The molecule has 1 heteroatoms. The molecule has 0 bridgehead atoms. The fourth-order valence-electron chi connectivity index (χ4n) is 1.65. The Morgan fingerprint density at radius 3 is 2.39 bits per heavy atom. The summed E-state index contributed by atoms with van der Waals surface area (Å²) in [6.07, 6.45) is 13.6. The molecule has 1 nitrogen and oxygen atoms in total. The Balaban J connectivity index is 2.08. The van der Waals surface area contributed by atoms with Crippen LogP contribution in [-0.4, -0.2) is 4.98 Å². The maximum absolute atomic E-state index is 4.06. The molecule has 88 valence electrons. The van der Waals surface area contributed by atoms with Gasteiger partial charge in [0.25, 0.3) is 0 Å². The predicted molar refractivity (Wildman–Crippen MR) is 78.8 cm³/mol. The van der Waals surface area contributed by atoms with Crippen LogP contribution in [0.5, 0.6) is 0 Å². The third-order valence-electron chi connectivity index (χ3n) is 2.58. The molecule has 0 amide bonds. The Kier molecular flexibility index (Phi) is 4.26. The molecule has 0 atom stereocenters. The normalized spacial score (nSPS) is 11.1. The van der Waals surface area contributed by atoms with Crippen LogP contribution in [0.25, 0.3) is 18.2 Å². The monoisotopic (exact) mass is 233 g/mol. The molecule has 0 N–H and O–H groups in total. The first kappa shape index (κ1) is 12.1. The highest BCUT2D eigenvalue weighted by molar-refractivity contribution is 5.65. The Hall–Kier alpha value is -2.41. The molecule has 2 aromatic rings. The van der Waals surface area contributed by atoms with Crippen molar-refractivity contribution in [3.8, 4) is 0 Å². The minimum atomic E-state index is 1.10. The van der Waals surface area contributed by atoms with E-state index in [-0.39, 0.29) is 0 Å². The van der Waals surface area contributed by atoms with Gasteiger partial charge in [-0.05, 0) is 22.8 Å². The molecule has 0 spiro atoms. The highest BCUT2D eigenvalue weighted by Gasteiger charge is 1.91. The minimum absolute atomic E-state index is 1.10. The molecule has 0 saturated carbocycles. The zero-order chi connectivity index (χ0) is 12.6. The lowest BCUT2D eigenvalue weighted by molar-refractivity contribution is 1.32. The van der Waals surface area contributed by atoms with E-state index in [4.69, 9.17) is 0 Å². The van der Waals surface area contributed by atoms with Gasteiger partial charge in [0.2, 0.25) is 0 Å². The van der Waals surface area contributed by atoms with Gasteiger partial charge in [-0.1, -0.05) is 67.3 Å². The van der Waals surface area contributed by atoms with Crippen LogP contribution in [0.15, 0.2) is 67.5 Å². The molecule has 1 aromatic carbocycles. The molecule has 0 unspecified atom stereocenters. The van der Waals surface area contributed by atoms with Crippen LogP contribution in [0.3, 0.4) is 0 Å². The summed E-state index contributed by atoms with van der Waals surface area (Å²) in [5.74, 6) is 0. The van der Waals surface area contributed by atoms with Crippen molar-refractivity contribution in [3.63, 3.8) is 0 Å². The molecule has 1 aromatic heterocycles. The SMILES string of the molecule is C=Cc1ccccc1/C=C\C=C\c1cccnc1. The molecule has 0 saturated heterocycles. The lowest BCUT2D eigenvalue weighted by Crippen LogP contribution is -1.77. The van der Waals surface area contributed by atoms with Crippen molar-refractivity contribution in [1.29, 1.82) is 0 Å². The van der Waals surface area contributed by atoms with E-state index >= 15 is 0 Å². The zero-order valence-electron chi connectivity index (χ0n) is 10.2. The Morgan fingerprint density at radius 1 is 0.889 bits per heavy atom. The highest BCUT2D eigenvalue weighted by atomic mass is 14.6. The van der Waals surface area contributed by atoms with Crippen molar-refractivity contribution in [2.75, 3.05) is 0 Å². The largest absolute Gasteiger partial charge is 0.264 e. The van der Waals surface area contributed by atoms with Crippen molar-refractivity contribution < 1.29 is 0 Å². The van der Waals surface area contributed by atoms with Crippen molar-refractivity contribution in [2.45, 2.75) is 0 Å². The number of hydrogen-bond acceptors (Lipinski definition) is 1. The zero-order valence-corrected chi connectivity index (χ0v) is 10.2. The van der Waals surface area contributed by atoms with E-state index in [1.165, 1.54) is 5.56 Å². The first-order chi connectivity index (χ1) is 8.90. The molecule has 18 heavy (non-hydrogen) atoms. The number of benzene rings is 1. The van der Waals surface area contributed by atoms with E-state index in [0.717, 1.165) is 11.1 Å². The molecular formula is C17H15N. The summed E-state index contributed by atoms with van der Waals surface area (Å²) in [5, 5.41) is 0. The van der Waals surface area contributed by atoms with Crippen molar-refractivity contribution >= 4 is 18.2 Å². The first-order valence-corrected chi connectivity index (χ1v) is 5.86. The van der Waals surface area contributed by atoms with Crippen molar-refractivity contribution in [1.82, 2.24) is 4.98 Å². The maximum atomic E-state index is 4.06. The predicted octanol–water partition coefficient (Wildman–Crippen LogP) is 4.45. The summed E-state index contributed by atoms with van der Waals surface area (Å²) >= 11 is 0. The number of pyridine rings is 1. The molecule has 2 rings (SSSR count). The van der Waals surface area contributed by atoms with Crippen LogP contribution in [0.4, 0.5) is 0 Å². The van der Waals surface area contributed by atoms with Crippen LogP contribution in [0, 0.1) is 0 Å². The van der Waals surface area contributed by atoms with E-state index < -0.39 is 0 Å². The Labute approximate surface area is 108 Å². The van der Waals surface area contributed by atoms with Crippen LogP contribution < -0.4 is 0 Å². The second kappa shape index (κ2) is 6.36. The van der Waals surface area contributed by atoms with Gasteiger partial charge in [0.15, 0.2) is 0 Å². The summed E-state index contributed by atoms with van der Waals surface area (Å²) in [6.45, 7) is 3.81. The van der Waals surface area contributed by atoms with Crippen LogP contribution >= 0.6 is 0 Å². The second-order valence-corrected chi connectivity index (χ2v) is 3.84. The standard InChI is InChI=1S/C17H15N/c1-2-16-10-5-6-12-17(16)11-4-3-8-15-9-7-13-18-14-15/h2-14H,1H2/b8-3+,11-4-. The molecular weight excluding hydrogens is 218 g/mol. The van der Waals surface area contributed by atoms with Crippen LogP contribution in [0.1, 0.15) is 16.7 Å². The lowest BCUT2D eigenvalue weighted by atomic mass is 10.1. The van der Waals surface area contributed by atoms with E-state index in [1.54, 1.807) is 6.20 Å². The van der Waals surface area contributed by atoms with Gasteiger partial charge >= 0.3 is 0 Å². The fraction of sp³-hybridized carbons (Fsp3) is 0. The highest BCUT2D eigenvalue weighted by Crippen LogP contribution is 2.11. The number of nitrogens with zero attached hydrogens (tertiary/aromatic N) is 1. The number of allylic oxidation sites excluding steroid dienone is 2. The number of aromatic nitrogens is 1. The summed E-state index contributed by atoms with van der Waals surface area (Å²) in [6, 6.07) is 12.1. The van der Waals surface area contributed by atoms with Gasteiger partial charge in [-0.2, -0.15) is 0 Å². The summed E-state index contributed by atoms with van der Waals surface area (Å²) in [5.41, 5.74) is 3.41. The topological polar surface area (TPSA) is 12.9 Å². The first-order valence-electron chi connectivity index (χ1n) is 5.86. The maximum Gasteiger partial charge on any atom is 0.0340 e. The Morgan fingerprint density at radius 2 is 1.67 bits per heavy atom. The molecule has 0 radical (unpaired) electrons. The minimum Gasteiger partial charge on any atom is -0.264 e. The van der Waals surface area contributed by atoms with E-state index in [1.807, 2.05) is 54.8 Å². The summed E-state index contributed by atoms with van der Waals surface area (Å²) in [7, 11) is 0. The number of rotatable bonds is 4. The van der Waals surface area contributed by atoms with Gasteiger partial charge in [-0.25, -0.2) is 0 Å². The van der Waals surface area contributed by atoms with Gasteiger partial charge in [-0.15, -0.1) is 0 Å². The van der Waals surface area contributed by atoms with Crippen LogP contribution in [0.2, 0.25) is 0 Å².